The van der Waals surface area contributed by atoms with Gasteiger partial charge in [-0.2, -0.15) is 0 Å². The first kappa shape index (κ1) is 28.8. The predicted octanol–water partition coefficient (Wildman–Crippen LogP) is 4.54. The Labute approximate surface area is 199 Å². The van der Waals surface area contributed by atoms with Crippen LogP contribution in [0.3, 0.4) is 0 Å². The van der Waals surface area contributed by atoms with E-state index in [2.05, 4.69) is 27.7 Å². The van der Waals surface area contributed by atoms with Crippen molar-refractivity contribution in [1.82, 2.24) is 0 Å². The monoisotopic (exact) mass is 465 g/mol. The van der Waals surface area contributed by atoms with Gasteiger partial charge in [0, 0.05) is 26.6 Å². The number of methoxy groups -OCH3 is 2. The third-order valence-electron chi connectivity index (χ3n) is 5.71. The van der Waals surface area contributed by atoms with Crippen molar-refractivity contribution in [2.75, 3.05) is 27.4 Å². The molecule has 188 valence electrons. The van der Waals surface area contributed by atoms with Crippen LogP contribution in [-0.4, -0.2) is 45.4 Å². The van der Waals surface area contributed by atoms with Crippen LogP contribution in [0, 0.1) is 17.8 Å². The van der Waals surface area contributed by atoms with E-state index < -0.39 is 17.9 Å². The highest BCUT2D eigenvalue weighted by Crippen LogP contribution is 2.34. The lowest BCUT2D eigenvalue weighted by Crippen LogP contribution is -2.36. The van der Waals surface area contributed by atoms with Gasteiger partial charge in [-0.25, -0.2) is 0 Å². The Morgan fingerprint density at radius 3 is 2.39 bits per heavy atom. The molecule has 1 aliphatic rings. The van der Waals surface area contributed by atoms with E-state index >= 15 is 0 Å². The van der Waals surface area contributed by atoms with Crippen molar-refractivity contribution < 1.29 is 28.5 Å². The molecule has 1 fully saturated rings. The molecule has 0 spiro atoms. The van der Waals surface area contributed by atoms with E-state index in [0.717, 1.165) is 18.4 Å². The Hall–Kier alpha value is -2.28. The van der Waals surface area contributed by atoms with Crippen molar-refractivity contribution >= 4 is 11.9 Å². The standard InChI is InChI=1S/C23H35NO6.C3H8/c1-15(2)17(14-18(23(24)26)19-8-9-22(25)30-19)12-16-6-7-20(28-4)21(13-16)29-11-5-10-27-3;1-3-2/h6-7,13,15,17-19H,5,8-12,14H2,1-4H3,(H2,24,26);3H2,1-2H3. The second kappa shape index (κ2) is 15.5. The van der Waals surface area contributed by atoms with Crippen molar-refractivity contribution in [2.45, 2.75) is 72.3 Å². The highest BCUT2D eigenvalue weighted by molar-refractivity contribution is 5.79. The van der Waals surface area contributed by atoms with Gasteiger partial charge in [-0.3, -0.25) is 9.59 Å². The van der Waals surface area contributed by atoms with Crippen molar-refractivity contribution in [3.8, 4) is 11.5 Å². The molecule has 0 saturated carbocycles. The third-order valence-corrected chi connectivity index (χ3v) is 5.71. The van der Waals surface area contributed by atoms with E-state index in [-0.39, 0.29) is 11.9 Å². The van der Waals surface area contributed by atoms with Crippen LogP contribution in [0.15, 0.2) is 18.2 Å². The minimum Gasteiger partial charge on any atom is -0.493 e. The summed E-state index contributed by atoms with van der Waals surface area (Å²) in [6.45, 7) is 9.69. The lowest BCUT2D eigenvalue weighted by molar-refractivity contribution is -0.145. The molecule has 1 heterocycles. The van der Waals surface area contributed by atoms with Crippen LogP contribution in [0.2, 0.25) is 0 Å². The van der Waals surface area contributed by atoms with Gasteiger partial charge in [0.05, 0.1) is 19.6 Å². The van der Waals surface area contributed by atoms with Crippen LogP contribution >= 0.6 is 0 Å². The Morgan fingerprint density at radius 1 is 1.18 bits per heavy atom. The highest BCUT2D eigenvalue weighted by Gasteiger charge is 2.36. The summed E-state index contributed by atoms with van der Waals surface area (Å²) >= 11 is 0. The average Bonchev–Trinajstić information content (AvgIpc) is 3.20. The first-order valence-electron chi connectivity index (χ1n) is 12.0. The van der Waals surface area contributed by atoms with E-state index in [9.17, 15) is 9.59 Å². The summed E-state index contributed by atoms with van der Waals surface area (Å²) in [5.74, 6) is 0.797. The molecule has 0 radical (unpaired) electrons. The summed E-state index contributed by atoms with van der Waals surface area (Å²) < 4.78 is 21.7. The second-order valence-corrected chi connectivity index (χ2v) is 8.91. The number of rotatable bonds is 13. The third kappa shape index (κ3) is 10.0. The van der Waals surface area contributed by atoms with Gasteiger partial charge in [-0.1, -0.05) is 40.2 Å². The van der Waals surface area contributed by atoms with Crippen LogP contribution in [0.5, 0.6) is 11.5 Å². The molecule has 0 aromatic heterocycles. The molecule has 3 unspecified atom stereocenters. The van der Waals surface area contributed by atoms with E-state index in [4.69, 9.17) is 24.7 Å². The summed E-state index contributed by atoms with van der Waals surface area (Å²) in [5.41, 5.74) is 6.77. The van der Waals surface area contributed by atoms with Crippen molar-refractivity contribution in [3.63, 3.8) is 0 Å². The maximum atomic E-state index is 12.1. The number of carbonyl (C=O) groups excluding carboxylic acids is 2. The van der Waals surface area contributed by atoms with Crippen LogP contribution in [0.4, 0.5) is 0 Å². The van der Waals surface area contributed by atoms with Gasteiger partial charge >= 0.3 is 5.97 Å². The molecule has 3 atom stereocenters. The Kier molecular flexibility index (Phi) is 13.5. The zero-order valence-electron chi connectivity index (χ0n) is 21.2. The van der Waals surface area contributed by atoms with E-state index in [1.165, 1.54) is 6.42 Å². The van der Waals surface area contributed by atoms with Gasteiger partial charge in [0.15, 0.2) is 11.5 Å². The van der Waals surface area contributed by atoms with Crippen molar-refractivity contribution in [1.29, 1.82) is 0 Å². The SMILES string of the molecule is CCC.COCCCOc1cc(CC(CC(C(N)=O)C2CCC(=O)O2)C(C)C)ccc1OC. The fourth-order valence-corrected chi connectivity index (χ4v) is 3.85. The molecule has 1 aliphatic heterocycles. The smallest absolute Gasteiger partial charge is 0.306 e. The Balaban J connectivity index is 0.00000172. The minimum absolute atomic E-state index is 0.205. The number of ether oxygens (including phenoxy) is 4. The molecule has 2 N–H and O–H groups in total. The number of esters is 1. The molecule has 1 aromatic rings. The number of hydrogen-bond acceptors (Lipinski definition) is 6. The Morgan fingerprint density at radius 2 is 1.88 bits per heavy atom. The summed E-state index contributed by atoms with van der Waals surface area (Å²) in [6.07, 6.45) is 3.88. The molecular weight excluding hydrogens is 422 g/mol. The molecule has 0 aliphatic carbocycles. The number of hydrogen-bond donors (Lipinski definition) is 1. The zero-order valence-corrected chi connectivity index (χ0v) is 21.2. The molecular formula is C26H43NO6. The topological polar surface area (TPSA) is 97.1 Å². The Bertz CT molecular complexity index is 721. The number of cyclic esters (lactones) is 1. The zero-order chi connectivity index (χ0) is 24.8. The summed E-state index contributed by atoms with van der Waals surface area (Å²) in [6, 6.07) is 5.92. The fourth-order valence-electron chi connectivity index (χ4n) is 3.85. The van der Waals surface area contributed by atoms with Gasteiger partial charge in [0.2, 0.25) is 5.91 Å². The van der Waals surface area contributed by atoms with Gasteiger partial charge in [0.25, 0.3) is 0 Å². The van der Waals surface area contributed by atoms with E-state index in [0.29, 0.717) is 49.9 Å². The van der Waals surface area contributed by atoms with Gasteiger partial charge < -0.3 is 24.7 Å². The van der Waals surface area contributed by atoms with Crippen LogP contribution in [0.1, 0.15) is 65.4 Å². The molecule has 33 heavy (non-hydrogen) atoms. The number of benzene rings is 1. The predicted molar refractivity (Wildman–Crippen MR) is 129 cm³/mol. The first-order valence-corrected chi connectivity index (χ1v) is 12.0. The van der Waals surface area contributed by atoms with Gasteiger partial charge in [-0.05, 0) is 48.8 Å². The average molecular weight is 466 g/mol. The number of primary amides is 1. The molecule has 2 rings (SSSR count). The van der Waals surface area contributed by atoms with E-state index in [1.54, 1.807) is 14.2 Å². The second-order valence-electron chi connectivity index (χ2n) is 8.91. The number of amides is 1. The van der Waals surface area contributed by atoms with Crippen molar-refractivity contribution in [2.24, 2.45) is 23.5 Å². The summed E-state index contributed by atoms with van der Waals surface area (Å²) in [5, 5.41) is 0. The molecule has 0 bridgehead atoms. The maximum absolute atomic E-state index is 12.1. The van der Waals surface area contributed by atoms with Crippen molar-refractivity contribution in [3.05, 3.63) is 23.8 Å². The molecule has 1 aromatic carbocycles. The number of carbonyl (C=O) groups is 2. The fraction of sp³-hybridized carbons (Fsp3) is 0.692. The van der Waals surface area contributed by atoms with E-state index in [1.807, 2.05) is 18.2 Å². The minimum atomic E-state index is -0.466. The molecule has 7 nitrogen and oxygen atoms in total. The van der Waals surface area contributed by atoms with Crippen LogP contribution in [-0.2, 0) is 25.5 Å². The molecule has 1 amide bonds. The lowest BCUT2D eigenvalue weighted by Gasteiger charge is -2.27. The lowest BCUT2D eigenvalue weighted by atomic mass is 9.79. The first-order chi connectivity index (χ1) is 15.8. The summed E-state index contributed by atoms with van der Waals surface area (Å²) in [4.78, 5) is 23.6. The molecule has 1 saturated heterocycles. The highest BCUT2D eigenvalue weighted by atomic mass is 16.6. The quantitative estimate of drug-likeness (QED) is 0.339. The van der Waals surface area contributed by atoms with Gasteiger partial charge in [-0.15, -0.1) is 0 Å². The van der Waals surface area contributed by atoms with Crippen LogP contribution < -0.4 is 15.2 Å². The summed E-state index contributed by atoms with van der Waals surface area (Å²) in [7, 11) is 3.29. The largest absolute Gasteiger partial charge is 0.493 e. The molecule has 7 heteroatoms. The normalized spacial score (nSPS) is 17.1. The maximum Gasteiger partial charge on any atom is 0.306 e. The van der Waals surface area contributed by atoms with Crippen LogP contribution in [0.25, 0.3) is 0 Å². The van der Waals surface area contributed by atoms with Gasteiger partial charge in [0.1, 0.15) is 6.10 Å². The number of nitrogens with two attached hydrogens (primary N) is 1.